The van der Waals surface area contributed by atoms with Gasteiger partial charge in [0.25, 0.3) is 5.91 Å². The van der Waals surface area contributed by atoms with E-state index in [4.69, 9.17) is 4.74 Å². The van der Waals surface area contributed by atoms with Gasteiger partial charge in [-0.1, -0.05) is 0 Å². The van der Waals surface area contributed by atoms with Gasteiger partial charge >= 0.3 is 6.18 Å². The number of hydrogen-bond donors (Lipinski definition) is 1. The number of likely N-dealkylation sites (tertiary alicyclic amines) is 1. The number of pyridine rings is 1. The molecule has 2 atom stereocenters. The molecule has 25 heavy (non-hydrogen) atoms. The fourth-order valence-corrected chi connectivity index (χ4v) is 2.92. The Kier molecular flexibility index (Phi) is 5.54. The van der Waals surface area contributed by atoms with Crippen molar-refractivity contribution in [2.75, 3.05) is 13.7 Å². The average molecular weight is 359 g/mol. The van der Waals surface area contributed by atoms with Crippen molar-refractivity contribution in [1.29, 1.82) is 0 Å². The van der Waals surface area contributed by atoms with Crippen LogP contribution in [0, 0.1) is 6.92 Å². The summed E-state index contributed by atoms with van der Waals surface area (Å²) in [5.41, 5.74) is 0.882. The lowest BCUT2D eigenvalue weighted by atomic mass is 9.97. The molecule has 0 radical (unpaired) electrons. The number of aryl methyl sites for hydroxylation is 1. The number of nitrogens with zero attached hydrogens (tertiary/aromatic N) is 2. The topological polar surface area (TPSA) is 71.5 Å². The summed E-state index contributed by atoms with van der Waals surface area (Å²) in [4.78, 5) is 28.8. The zero-order valence-corrected chi connectivity index (χ0v) is 14.2. The maximum absolute atomic E-state index is 13.0. The number of ether oxygens (including phenoxy) is 1. The van der Waals surface area contributed by atoms with Gasteiger partial charge in [-0.05, 0) is 25.8 Å². The minimum absolute atomic E-state index is 0.140. The number of carbonyl (C=O) groups is 2. The number of rotatable bonds is 3. The fraction of sp³-hybridized carbons (Fsp3) is 0.562. The molecule has 0 saturated carbocycles. The van der Waals surface area contributed by atoms with E-state index in [2.05, 4.69) is 10.3 Å². The van der Waals surface area contributed by atoms with E-state index in [1.165, 1.54) is 13.2 Å². The number of aromatic nitrogens is 1. The maximum atomic E-state index is 13.0. The molecule has 1 aromatic rings. The van der Waals surface area contributed by atoms with Crippen LogP contribution >= 0.6 is 0 Å². The van der Waals surface area contributed by atoms with E-state index in [0.29, 0.717) is 11.3 Å². The van der Waals surface area contributed by atoms with Crippen LogP contribution in [-0.4, -0.2) is 53.6 Å². The molecule has 2 heterocycles. The van der Waals surface area contributed by atoms with Gasteiger partial charge in [0.1, 0.15) is 6.04 Å². The lowest BCUT2D eigenvalue weighted by Gasteiger charge is -2.40. The molecule has 1 fully saturated rings. The fourth-order valence-electron chi connectivity index (χ4n) is 2.92. The van der Waals surface area contributed by atoms with Crippen molar-refractivity contribution in [2.24, 2.45) is 0 Å². The highest BCUT2D eigenvalue weighted by atomic mass is 19.4. The van der Waals surface area contributed by atoms with Crippen molar-refractivity contribution in [1.82, 2.24) is 15.2 Å². The number of amides is 2. The molecule has 1 saturated heterocycles. The van der Waals surface area contributed by atoms with Crippen LogP contribution in [0.5, 0.6) is 5.88 Å². The number of carbonyl (C=O) groups excluding carboxylic acids is 2. The number of piperidine rings is 1. The highest BCUT2D eigenvalue weighted by Gasteiger charge is 2.47. The maximum Gasteiger partial charge on any atom is 0.408 e. The van der Waals surface area contributed by atoms with Crippen LogP contribution < -0.4 is 10.1 Å². The predicted octanol–water partition coefficient (Wildman–Crippen LogP) is 2.07. The first-order valence-corrected chi connectivity index (χ1v) is 7.79. The summed E-state index contributed by atoms with van der Waals surface area (Å²) in [6.07, 6.45) is -4.58. The van der Waals surface area contributed by atoms with Gasteiger partial charge in [-0.3, -0.25) is 9.59 Å². The summed E-state index contributed by atoms with van der Waals surface area (Å²) in [7, 11) is 1.42. The SMILES string of the molecule is COc1cc(C(=O)N[C@@H]2CC[C@@H](C(F)(F)F)N(C(C)=O)C2)cc(C)n1. The molecule has 0 aliphatic carbocycles. The van der Waals surface area contributed by atoms with E-state index in [-0.39, 0.29) is 25.3 Å². The molecular weight excluding hydrogens is 339 g/mol. The molecule has 1 aromatic heterocycles. The van der Waals surface area contributed by atoms with Gasteiger partial charge in [0.15, 0.2) is 0 Å². The number of alkyl halides is 3. The van der Waals surface area contributed by atoms with Crippen molar-refractivity contribution < 1.29 is 27.5 Å². The number of halogens is 3. The quantitative estimate of drug-likeness (QED) is 0.897. The van der Waals surface area contributed by atoms with E-state index in [1.54, 1.807) is 13.0 Å². The summed E-state index contributed by atoms with van der Waals surface area (Å²) in [6.45, 7) is 2.62. The third kappa shape index (κ3) is 4.61. The minimum Gasteiger partial charge on any atom is -0.481 e. The van der Waals surface area contributed by atoms with Gasteiger partial charge < -0.3 is 15.0 Å². The third-order valence-electron chi connectivity index (χ3n) is 4.10. The van der Waals surface area contributed by atoms with Gasteiger partial charge in [0.05, 0.1) is 7.11 Å². The summed E-state index contributed by atoms with van der Waals surface area (Å²) in [5, 5.41) is 2.69. The zero-order chi connectivity index (χ0) is 18.8. The van der Waals surface area contributed by atoms with Crippen LogP contribution in [0.2, 0.25) is 0 Å². The first kappa shape index (κ1) is 19.0. The molecule has 138 valence electrons. The Morgan fingerprint density at radius 3 is 2.56 bits per heavy atom. The second-order valence-corrected chi connectivity index (χ2v) is 6.02. The molecule has 6 nitrogen and oxygen atoms in total. The van der Waals surface area contributed by atoms with Gasteiger partial charge in [0, 0.05) is 36.8 Å². The summed E-state index contributed by atoms with van der Waals surface area (Å²) < 4.78 is 44.1. The molecule has 1 N–H and O–H groups in total. The standard InChI is InChI=1S/C16H20F3N3O3/c1-9-6-11(7-14(20-9)25-3)15(24)21-12-4-5-13(16(17,18)19)22(8-12)10(2)23/h6-7,12-13H,4-5,8H2,1-3H3,(H,21,24)/t12-,13+/m1/s1. The molecule has 0 unspecified atom stereocenters. The molecule has 9 heteroatoms. The van der Waals surface area contributed by atoms with Crippen LogP contribution in [0.25, 0.3) is 0 Å². The Bertz CT molecular complexity index is 664. The van der Waals surface area contributed by atoms with Crippen molar-refractivity contribution in [3.63, 3.8) is 0 Å². The van der Waals surface area contributed by atoms with E-state index in [0.717, 1.165) is 11.8 Å². The molecule has 1 aliphatic rings. The highest BCUT2D eigenvalue weighted by Crippen LogP contribution is 2.32. The van der Waals surface area contributed by atoms with Crippen molar-refractivity contribution in [3.05, 3.63) is 23.4 Å². The zero-order valence-electron chi connectivity index (χ0n) is 14.2. The van der Waals surface area contributed by atoms with Crippen LogP contribution in [-0.2, 0) is 4.79 Å². The monoisotopic (exact) mass is 359 g/mol. The smallest absolute Gasteiger partial charge is 0.408 e. The molecule has 0 spiro atoms. The molecular formula is C16H20F3N3O3. The van der Waals surface area contributed by atoms with Gasteiger partial charge in [-0.2, -0.15) is 13.2 Å². The highest BCUT2D eigenvalue weighted by molar-refractivity contribution is 5.94. The first-order chi connectivity index (χ1) is 11.6. The normalized spacial score (nSPS) is 21.0. The largest absolute Gasteiger partial charge is 0.481 e. The van der Waals surface area contributed by atoms with Crippen LogP contribution in [0.15, 0.2) is 12.1 Å². The second-order valence-electron chi connectivity index (χ2n) is 6.02. The summed E-state index contributed by atoms with van der Waals surface area (Å²) in [5.74, 6) is -0.832. The Balaban J connectivity index is 2.10. The van der Waals surface area contributed by atoms with Crippen molar-refractivity contribution in [3.8, 4) is 5.88 Å². The Labute approximate surface area is 143 Å². The molecule has 0 aromatic carbocycles. The van der Waals surface area contributed by atoms with Crippen molar-refractivity contribution >= 4 is 11.8 Å². The van der Waals surface area contributed by atoms with Gasteiger partial charge in [0.2, 0.25) is 11.8 Å². The number of methoxy groups -OCH3 is 1. The lowest BCUT2D eigenvalue weighted by molar-refractivity contribution is -0.196. The Hall–Kier alpha value is -2.32. The summed E-state index contributed by atoms with van der Waals surface area (Å²) >= 11 is 0. The summed E-state index contributed by atoms with van der Waals surface area (Å²) in [6, 6.07) is 0.657. The number of hydrogen-bond acceptors (Lipinski definition) is 4. The van der Waals surface area contributed by atoms with E-state index in [1.807, 2.05) is 0 Å². The van der Waals surface area contributed by atoms with E-state index < -0.39 is 30.1 Å². The third-order valence-corrected chi connectivity index (χ3v) is 4.10. The van der Waals surface area contributed by atoms with Gasteiger partial charge in [-0.15, -0.1) is 0 Å². The van der Waals surface area contributed by atoms with Crippen LogP contribution in [0.3, 0.4) is 0 Å². The molecule has 2 amide bonds. The Morgan fingerprint density at radius 1 is 1.32 bits per heavy atom. The predicted molar refractivity (Wildman–Crippen MR) is 83.2 cm³/mol. The lowest BCUT2D eigenvalue weighted by Crippen LogP contribution is -2.57. The second kappa shape index (κ2) is 7.28. The Morgan fingerprint density at radius 2 is 2.00 bits per heavy atom. The molecule has 2 rings (SSSR count). The van der Waals surface area contributed by atoms with Gasteiger partial charge in [-0.25, -0.2) is 4.98 Å². The van der Waals surface area contributed by atoms with Crippen molar-refractivity contribution in [2.45, 2.75) is 44.9 Å². The number of nitrogens with one attached hydrogen (secondary N) is 1. The average Bonchev–Trinajstić information content (AvgIpc) is 2.52. The van der Waals surface area contributed by atoms with Crippen LogP contribution in [0.4, 0.5) is 13.2 Å². The van der Waals surface area contributed by atoms with E-state index in [9.17, 15) is 22.8 Å². The molecule has 1 aliphatic heterocycles. The minimum atomic E-state index is -4.48. The van der Waals surface area contributed by atoms with E-state index >= 15 is 0 Å². The van der Waals surface area contributed by atoms with Crippen LogP contribution in [0.1, 0.15) is 35.8 Å². The molecule has 0 bridgehead atoms. The first-order valence-electron chi connectivity index (χ1n) is 7.79.